The monoisotopic (exact) mass is 169 g/mol. The molecule has 0 aliphatic heterocycles. The van der Waals surface area contributed by atoms with E-state index in [-0.39, 0.29) is 0 Å². The van der Waals surface area contributed by atoms with Crippen molar-refractivity contribution in [2.45, 2.75) is 26.7 Å². The van der Waals surface area contributed by atoms with E-state index in [2.05, 4.69) is 4.74 Å². The second-order valence-corrected chi connectivity index (χ2v) is 2.95. The average molecular weight is 169 g/mol. The summed E-state index contributed by atoms with van der Waals surface area (Å²) in [5, 5.41) is 8.62. The summed E-state index contributed by atoms with van der Waals surface area (Å²) < 4.78 is 4.49. The highest BCUT2D eigenvalue weighted by atomic mass is 16.5. The minimum Gasteiger partial charge on any atom is -0.468 e. The first-order chi connectivity index (χ1) is 5.65. The highest BCUT2D eigenvalue weighted by Gasteiger charge is 2.20. The van der Waals surface area contributed by atoms with Gasteiger partial charge in [-0.25, -0.2) is 0 Å². The quantitative estimate of drug-likeness (QED) is 0.602. The van der Waals surface area contributed by atoms with E-state index in [4.69, 9.17) is 5.26 Å². The van der Waals surface area contributed by atoms with Crippen LogP contribution in [0.2, 0.25) is 0 Å². The molecular weight excluding hydrogens is 154 g/mol. The fourth-order valence-corrected chi connectivity index (χ4v) is 0.913. The molecule has 0 aromatic carbocycles. The zero-order valence-electron chi connectivity index (χ0n) is 7.83. The Labute approximate surface area is 73.3 Å². The van der Waals surface area contributed by atoms with Crippen LogP contribution in [-0.4, -0.2) is 13.1 Å². The van der Waals surface area contributed by atoms with Crippen molar-refractivity contribution in [2.24, 2.45) is 11.8 Å². The van der Waals surface area contributed by atoms with Gasteiger partial charge in [0.15, 0.2) is 0 Å². The minimum atomic E-state index is -0.593. The number of esters is 1. The van der Waals surface area contributed by atoms with E-state index in [9.17, 15) is 4.79 Å². The number of carbonyl (C=O) groups is 1. The molecule has 0 heterocycles. The van der Waals surface area contributed by atoms with Crippen LogP contribution in [0.5, 0.6) is 0 Å². The van der Waals surface area contributed by atoms with Crippen LogP contribution in [0, 0.1) is 23.2 Å². The smallest absolute Gasteiger partial charge is 0.323 e. The summed E-state index contributed by atoms with van der Waals surface area (Å²) in [4.78, 5) is 10.9. The number of nitriles is 1. The van der Waals surface area contributed by atoms with Crippen molar-refractivity contribution >= 4 is 5.97 Å². The van der Waals surface area contributed by atoms with Crippen LogP contribution in [0.25, 0.3) is 0 Å². The van der Waals surface area contributed by atoms with E-state index in [1.807, 2.05) is 19.9 Å². The van der Waals surface area contributed by atoms with E-state index in [0.29, 0.717) is 12.3 Å². The zero-order valence-corrected chi connectivity index (χ0v) is 7.83. The maximum atomic E-state index is 10.9. The molecule has 2 atom stereocenters. The Morgan fingerprint density at radius 3 is 2.58 bits per heavy atom. The summed E-state index contributed by atoms with van der Waals surface area (Å²) in [6.45, 7) is 4.06. The molecule has 12 heavy (non-hydrogen) atoms. The lowest BCUT2D eigenvalue weighted by atomic mass is 9.95. The van der Waals surface area contributed by atoms with E-state index in [0.717, 1.165) is 6.42 Å². The lowest BCUT2D eigenvalue weighted by molar-refractivity contribution is -0.143. The lowest BCUT2D eigenvalue weighted by Crippen LogP contribution is -2.16. The summed E-state index contributed by atoms with van der Waals surface area (Å²) in [6.07, 6.45) is 1.58. The Bertz CT molecular complexity index is 183. The van der Waals surface area contributed by atoms with Crippen LogP contribution in [0.15, 0.2) is 0 Å². The predicted octanol–water partition coefficient (Wildman–Crippen LogP) is 1.74. The third-order valence-corrected chi connectivity index (χ3v) is 1.98. The van der Waals surface area contributed by atoms with Crippen molar-refractivity contribution in [1.82, 2.24) is 0 Å². The van der Waals surface area contributed by atoms with Crippen LogP contribution in [-0.2, 0) is 9.53 Å². The van der Waals surface area contributed by atoms with Crippen molar-refractivity contribution in [3.05, 3.63) is 0 Å². The summed E-state index contributed by atoms with van der Waals surface area (Å²) >= 11 is 0. The number of ether oxygens (including phenoxy) is 1. The molecule has 0 spiro atoms. The van der Waals surface area contributed by atoms with Gasteiger partial charge in [-0.1, -0.05) is 20.3 Å². The summed E-state index contributed by atoms with van der Waals surface area (Å²) in [7, 11) is 1.31. The number of hydrogen-bond acceptors (Lipinski definition) is 3. The van der Waals surface area contributed by atoms with Crippen molar-refractivity contribution in [2.75, 3.05) is 7.11 Å². The molecule has 0 fully saturated rings. The molecule has 0 aliphatic carbocycles. The van der Waals surface area contributed by atoms with Gasteiger partial charge in [0.25, 0.3) is 0 Å². The van der Waals surface area contributed by atoms with Crippen molar-refractivity contribution < 1.29 is 9.53 Å². The molecule has 0 N–H and O–H groups in total. The number of rotatable bonds is 4. The first kappa shape index (κ1) is 11.0. The fourth-order valence-electron chi connectivity index (χ4n) is 0.913. The Balaban J connectivity index is 4.02. The van der Waals surface area contributed by atoms with Gasteiger partial charge in [0.2, 0.25) is 0 Å². The van der Waals surface area contributed by atoms with E-state index < -0.39 is 11.9 Å². The van der Waals surface area contributed by atoms with Crippen LogP contribution in [0.3, 0.4) is 0 Å². The van der Waals surface area contributed by atoms with Gasteiger partial charge in [-0.3, -0.25) is 4.79 Å². The molecular formula is C9H15NO2. The molecule has 0 saturated carbocycles. The van der Waals surface area contributed by atoms with Gasteiger partial charge in [-0.05, 0) is 12.3 Å². The van der Waals surface area contributed by atoms with E-state index >= 15 is 0 Å². The molecule has 0 aromatic rings. The van der Waals surface area contributed by atoms with Crippen LogP contribution in [0.4, 0.5) is 0 Å². The molecule has 0 rings (SSSR count). The Hall–Kier alpha value is -1.04. The number of nitrogens with zero attached hydrogens (tertiary/aromatic N) is 1. The summed E-state index contributed by atoms with van der Waals surface area (Å²) in [5.41, 5.74) is 0. The van der Waals surface area contributed by atoms with E-state index in [1.165, 1.54) is 7.11 Å². The van der Waals surface area contributed by atoms with Crippen LogP contribution < -0.4 is 0 Å². The average Bonchev–Trinajstić information content (AvgIpc) is 2.12. The molecule has 68 valence electrons. The second-order valence-electron chi connectivity index (χ2n) is 2.95. The van der Waals surface area contributed by atoms with Crippen molar-refractivity contribution in [3.8, 4) is 6.07 Å². The zero-order chi connectivity index (χ0) is 9.56. The van der Waals surface area contributed by atoms with E-state index in [1.54, 1.807) is 0 Å². The molecule has 0 saturated heterocycles. The topological polar surface area (TPSA) is 50.1 Å². The maximum absolute atomic E-state index is 10.9. The molecule has 3 heteroatoms. The third kappa shape index (κ3) is 3.38. The Morgan fingerprint density at radius 2 is 2.25 bits per heavy atom. The highest BCUT2D eigenvalue weighted by Crippen LogP contribution is 2.15. The molecule has 3 nitrogen and oxygen atoms in total. The van der Waals surface area contributed by atoms with Gasteiger partial charge in [0, 0.05) is 0 Å². The summed E-state index contributed by atoms with van der Waals surface area (Å²) in [5.74, 6) is -0.614. The molecule has 2 unspecified atom stereocenters. The standard InChI is InChI=1S/C9H15NO2/c1-4-7(2)5-8(6-10)9(11)12-3/h7-8H,4-5H2,1-3H3. The Kier molecular flexibility index (Phi) is 5.11. The molecule has 0 aliphatic rings. The van der Waals surface area contributed by atoms with Gasteiger partial charge in [-0.2, -0.15) is 5.26 Å². The first-order valence-electron chi connectivity index (χ1n) is 4.13. The number of methoxy groups -OCH3 is 1. The number of hydrogen-bond donors (Lipinski definition) is 0. The maximum Gasteiger partial charge on any atom is 0.323 e. The highest BCUT2D eigenvalue weighted by molar-refractivity contribution is 5.74. The molecule has 0 bridgehead atoms. The molecule has 0 amide bonds. The third-order valence-electron chi connectivity index (χ3n) is 1.98. The number of carbonyl (C=O) groups excluding carboxylic acids is 1. The first-order valence-corrected chi connectivity index (χ1v) is 4.13. The van der Waals surface area contributed by atoms with Gasteiger partial charge >= 0.3 is 5.97 Å². The normalized spacial score (nSPS) is 14.5. The second kappa shape index (κ2) is 5.59. The summed E-state index contributed by atoms with van der Waals surface area (Å²) in [6, 6.07) is 1.94. The van der Waals surface area contributed by atoms with Crippen molar-refractivity contribution in [1.29, 1.82) is 5.26 Å². The predicted molar refractivity (Wildman–Crippen MR) is 45.2 cm³/mol. The fraction of sp³-hybridized carbons (Fsp3) is 0.778. The largest absolute Gasteiger partial charge is 0.468 e. The Morgan fingerprint density at radius 1 is 1.67 bits per heavy atom. The van der Waals surface area contributed by atoms with Crippen LogP contribution >= 0.6 is 0 Å². The SMILES string of the molecule is CCC(C)CC(C#N)C(=O)OC. The molecule has 0 aromatic heterocycles. The van der Waals surface area contributed by atoms with Crippen LogP contribution in [0.1, 0.15) is 26.7 Å². The molecule has 0 radical (unpaired) electrons. The van der Waals surface area contributed by atoms with Gasteiger partial charge in [0.1, 0.15) is 5.92 Å². The minimum absolute atomic E-state index is 0.397. The van der Waals surface area contributed by atoms with Gasteiger partial charge in [-0.15, -0.1) is 0 Å². The van der Waals surface area contributed by atoms with Crippen molar-refractivity contribution in [3.63, 3.8) is 0 Å². The lowest BCUT2D eigenvalue weighted by Gasteiger charge is -2.10. The van der Waals surface area contributed by atoms with Gasteiger partial charge in [0.05, 0.1) is 13.2 Å². The van der Waals surface area contributed by atoms with Gasteiger partial charge < -0.3 is 4.74 Å².